The summed E-state index contributed by atoms with van der Waals surface area (Å²) in [4.78, 5) is 9.30. The Morgan fingerprint density at radius 1 is 1.12 bits per heavy atom. The number of methoxy groups -OCH3 is 1. The zero-order chi connectivity index (χ0) is 17.3. The van der Waals surface area contributed by atoms with Crippen molar-refractivity contribution in [2.24, 2.45) is 10.7 Å². The molecule has 0 aromatic heterocycles. The molecule has 5 nitrogen and oxygen atoms in total. The summed E-state index contributed by atoms with van der Waals surface area (Å²) >= 11 is 0. The first-order valence-electron chi connectivity index (χ1n) is 8.71. The second-order valence-electron chi connectivity index (χ2n) is 6.88. The van der Waals surface area contributed by atoms with Gasteiger partial charge in [0, 0.05) is 25.3 Å². The van der Waals surface area contributed by atoms with Gasteiger partial charge in [0.25, 0.3) is 0 Å². The molecular formula is C20H24N4O. The second kappa shape index (κ2) is 6.41. The van der Waals surface area contributed by atoms with Crippen molar-refractivity contribution in [2.45, 2.75) is 18.5 Å². The predicted molar refractivity (Wildman–Crippen MR) is 101 cm³/mol. The molecule has 0 radical (unpaired) electrons. The van der Waals surface area contributed by atoms with Crippen LogP contribution < -0.4 is 15.4 Å². The van der Waals surface area contributed by atoms with E-state index in [0.717, 1.165) is 44.0 Å². The van der Waals surface area contributed by atoms with Gasteiger partial charge in [-0.25, -0.2) is 0 Å². The van der Waals surface area contributed by atoms with Crippen LogP contribution >= 0.6 is 0 Å². The van der Waals surface area contributed by atoms with E-state index in [1.807, 2.05) is 12.1 Å². The SMILES string of the molecule is COc1ccc(N2C(N)=NCC23CCN(Cc2ccccc2)C3)cc1. The number of aliphatic imine (C=N–C) groups is 1. The van der Waals surface area contributed by atoms with Crippen LogP contribution in [0.5, 0.6) is 5.75 Å². The molecule has 0 bridgehead atoms. The molecule has 1 fully saturated rings. The van der Waals surface area contributed by atoms with E-state index >= 15 is 0 Å². The lowest BCUT2D eigenvalue weighted by Crippen LogP contribution is -2.53. The smallest absolute Gasteiger partial charge is 0.196 e. The summed E-state index contributed by atoms with van der Waals surface area (Å²) in [6.07, 6.45) is 1.07. The van der Waals surface area contributed by atoms with Crippen molar-refractivity contribution in [2.75, 3.05) is 31.6 Å². The van der Waals surface area contributed by atoms with Crippen LogP contribution in [-0.4, -0.2) is 43.1 Å². The summed E-state index contributed by atoms with van der Waals surface area (Å²) in [5, 5.41) is 0. The molecule has 1 unspecified atom stereocenters. The molecule has 1 saturated heterocycles. The molecule has 2 aliphatic heterocycles. The van der Waals surface area contributed by atoms with E-state index in [2.05, 4.69) is 57.3 Å². The minimum Gasteiger partial charge on any atom is -0.497 e. The maximum atomic E-state index is 6.26. The van der Waals surface area contributed by atoms with Crippen molar-refractivity contribution in [1.82, 2.24) is 4.90 Å². The lowest BCUT2D eigenvalue weighted by molar-refractivity contribution is 0.308. The second-order valence-corrected chi connectivity index (χ2v) is 6.88. The summed E-state index contributed by atoms with van der Waals surface area (Å²) in [7, 11) is 1.68. The fourth-order valence-electron chi connectivity index (χ4n) is 3.98. The predicted octanol–water partition coefficient (Wildman–Crippen LogP) is 2.47. The Morgan fingerprint density at radius 2 is 1.88 bits per heavy atom. The van der Waals surface area contributed by atoms with Crippen LogP contribution in [0.2, 0.25) is 0 Å². The van der Waals surface area contributed by atoms with E-state index in [-0.39, 0.29) is 5.54 Å². The van der Waals surface area contributed by atoms with Crippen molar-refractivity contribution in [1.29, 1.82) is 0 Å². The molecule has 1 atom stereocenters. The molecule has 2 heterocycles. The van der Waals surface area contributed by atoms with Crippen LogP contribution in [0.3, 0.4) is 0 Å². The van der Waals surface area contributed by atoms with E-state index in [0.29, 0.717) is 5.96 Å². The Labute approximate surface area is 148 Å². The molecule has 2 aromatic carbocycles. The number of nitrogens with two attached hydrogens (primary N) is 1. The fourth-order valence-corrected chi connectivity index (χ4v) is 3.98. The minimum atomic E-state index is -0.0343. The van der Waals surface area contributed by atoms with Crippen molar-refractivity contribution in [3.8, 4) is 5.75 Å². The maximum absolute atomic E-state index is 6.26. The number of nitrogens with zero attached hydrogens (tertiary/aromatic N) is 3. The third-order valence-corrected chi connectivity index (χ3v) is 5.23. The molecule has 25 heavy (non-hydrogen) atoms. The fraction of sp³-hybridized carbons (Fsp3) is 0.350. The summed E-state index contributed by atoms with van der Waals surface area (Å²) in [5.74, 6) is 1.47. The van der Waals surface area contributed by atoms with Gasteiger partial charge in [0.15, 0.2) is 5.96 Å². The number of likely N-dealkylation sites (tertiary alicyclic amines) is 1. The Bertz CT molecular complexity index is 759. The molecule has 0 aliphatic carbocycles. The first kappa shape index (κ1) is 16.0. The molecule has 5 heteroatoms. The topological polar surface area (TPSA) is 54.1 Å². The summed E-state index contributed by atoms with van der Waals surface area (Å²) in [5.41, 5.74) is 8.66. The Morgan fingerprint density at radius 3 is 2.60 bits per heavy atom. The van der Waals surface area contributed by atoms with Gasteiger partial charge in [-0.1, -0.05) is 30.3 Å². The molecule has 1 spiro atoms. The average molecular weight is 336 g/mol. The Balaban J connectivity index is 1.54. The standard InChI is InChI=1S/C20H24N4O/c1-25-18-9-7-17(8-10-18)24-19(21)22-14-20(24)11-12-23(15-20)13-16-5-3-2-4-6-16/h2-10H,11-15H2,1H3,(H2,21,22). The Hall–Kier alpha value is -2.53. The highest BCUT2D eigenvalue weighted by Gasteiger charge is 2.47. The highest BCUT2D eigenvalue weighted by Crippen LogP contribution is 2.37. The van der Waals surface area contributed by atoms with Gasteiger partial charge < -0.3 is 15.4 Å². The number of guanidine groups is 1. The zero-order valence-electron chi connectivity index (χ0n) is 14.6. The molecule has 2 aliphatic rings. The van der Waals surface area contributed by atoms with Crippen LogP contribution in [-0.2, 0) is 6.54 Å². The van der Waals surface area contributed by atoms with E-state index in [1.54, 1.807) is 7.11 Å². The van der Waals surface area contributed by atoms with Crippen molar-refractivity contribution in [3.63, 3.8) is 0 Å². The first-order chi connectivity index (χ1) is 12.2. The van der Waals surface area contributed by atoms with Gasteiger partial charge in [-0.3, -0.25) is 9.89 Å². The number of ether oxygens (including phenoxy) is 1. The number of benzene rings is 2. The normalized spacial score (nSPS) is 23.2. The summed E-state index contributed by atoms with van der Waals surface area (Å²) in [6, 6.07) is 18.7. The quantitative estimate of drug-likeness (QED) is 0.932. The van der Waals surface area contributed by atoms with E-state index in [4.69, 9.17) is 10.5 Å². The van der Waals surface area contributed by atoms with Crippen LogP contribution in [0.4, 0.5) is 5.69 Å². The zero-order valence-corrected chi connectivity index (χ0v) is 14.6. The lowest BCUT2D eigenvalue weighted by atomic mass is 9.97. The third kappa shape index (κ3) is 2.96. The highest BCUT2D eigenvalue weighted by molar-refractivity contribution is 5.98. The van der Waals surface area contributed by atoms with Gasteiger partial charge in [0.2, 0.25) is 0 Å². The number of hydrogen-bond donors (Lipinski definition) is 1. The van der Waals surface area contributed by atoms with Gasteiger partial charge >= 0.3 is 0 Å². The third-order valence-electron chi connectivity index (χ3n) is 5.23. The number of hydrogen-bond acceptors (Lipinski definition) is 5. The highest BCUT2D eigenvalue weighted by atomic mass is 16.5. The van der Waals surface area contributed by atoms with Crippen molar-refractivity contribution >= 4 is 11.6 Å². The number of anilines is 1. The van der Waals surface area contributed by atoms with Crippen molar-refractivity contribution in [3.05, 3.63) is 60.2 Å². The molecule has 130 valence electrons. The lowest BCUT2D eigenvalue weighted by Gasteiger charge is -2.36. The first-order valence-corrected chi connectivity index (χ1v) is 8.71. The van der Waals surface area contributed by atoms with Gasteiger partial charge in [-0.15, -0.1) is 0 Å². The summed E-state index contributed by atoms with van der Waals surface area (Å²) in [6.45, 7) is 3.76. The largest absolute Gasteiger partial charge is 0.497 e. The maximum Gasteiger partial charge on any atom is 0.196 e. The Kier molecular flexibility index (Phi) is 4.09. The van der Waals surface area contributed by atoms with E-state index in [1.165, 1.54) is 5.56 Å². The summed E-state index contributed by atoms with van der Waals surface area (Å²) < 4.78 is 5.27. The van der Waals surface area contributed by atoms with Crippen LogP contribution in [0.25, 0.3) is 0 Å². The molecule has 4 rings (SSSR count). The van der Waals surface area contributed by atoms with Crippen LogP contribution in [0.1, 0.15) is 12.0 Å². The molecule has 0 amide bonds. The van der Waals surface area contributed by atoms with Gasteiger partial charge in [-0.2, -0.15) is 0 Å². The van der Waals surface area contributed by atoms with Crippen LogP contribution in [0, 0.1) is 0 Å². The van der Waals surface area contributed by atoms with Crippen LogP contribution in [0.15, 0.2) is 59.6 Å². The van der Waals surface area contributed by atoms with Crippen molar-refractivity contribution < 1.29 is 4.74 Å². The van der Waals surface area contributed by atoms with E-state index < -0.39 is 0 Å². The number of rotatable bonds is 4. The van der Waals surface area contributed by atoms with E-state index in [9.17, 15) is 0 Å². The van der Waals surface area contributed by atoms with Gasteiger partial charge in [0.05, 0.1) is 19.2 Å². The molecule has 2 N–H and O–H groups in total. The van der Waals surface area contributed by atoms with Gasteiger partial charge in [-0.05, 0) is 36.2 Å². The molecular weight excluding hydrogens is 312 g/mol. The molecule has 2 aromatic rings. The average Bonchev–Trinajstić information content (AvgIpc) is 3.19. The molecule has 0 saturated carbocycles. The monoisotopic (exact) mass is 336 g/mol. The van der Waals surface area contributed by atoms with Gasteiger partial charge in [0.1, 0.15) is 5.75 Å². The minimum absolute atomic E-state index is 0.0343.